The number of thioether (sulfide) groups is 1. The van der Waals surface area contributed by atoms with Gasteiger partial charge >= 0.3 is 6.18 Å². The molecule has 0 aliphatic heterocycles. The summed E-state index contributed by atoms with van der Waals surface area (Å²) in [5.74, 6) is 0.899. The number of rotatable bonds is 8. The topological polar surface area (TPSA) is 12.0 Å². The number of unbranched alkanes of at least 4 members (excludes halogenated alkanes) is 1. The van der Waals surface area contributed by atoms with E-state index >= 15 is 0 Å². The molecule has 148 valence electrons. The molecule has 0 aliphatic carbocycles. The van der Waals surface area contributed by atoms with Crippen LogP contribution in [0.3, 0.4) is 0 Å². The Morgan fingerprint density at radius 2 is 1.61 bits per heavy atom. The van der Waals surface area contributed by atoms with Gasteiger partial charge in [-0.2, -0.15) is 13.2 Å². The number of hydrogen-bond acceptors (Lipinski definition) is 2. The first-order valence-electron chi connectivity index (χ1n) is 9.46. The summed E-state index contributed by atoms with van der Waals surface area (Å²) in [6, 6.07) is 20.5. The molecule has 5 heteroatoms. The van der Waals surface area contributed by atoms with E-state index in [0.29, 0.717) is 0 Å². The number of hydrogen-bond donors (Lipinski definition) is 1. The highest BCUT2D eigenvalue weighted by molar-refractivity contribution is 7.99. The van der Waals surface area contributed by atoms with Crippen molar-refractivity contribution in [1.29, 1.82) is 0 Å². The van der Waals surface area contributed by atoms with E-state index in [0.717, 1.165) is 42.2 Å². The molecule has 1 N–H and O–H groups in total. The molecule has 0 spiro atoms. The van der Waals surface area contributed by atoms with E-state index in [4.69, 9.17) is 0 Å². The first-order valence-corrected chi connectivity index (χ1v) is 10.4. The molecule has 0 saturated heterocycles. The van der Waals surface area contributed by atoms with Crippen LogP contribution >= 0.6 is 11.8 Å². The summed E-state index contributed by atoms with van der Waals surface area (Å²) in [6.07, 6.45) is -2.22. The zero-order chi connectivity index (χ0) is 20.0. The Labute approximate surface area is 168 Å². The van der Waals surface area contributed by atoms with E-state index in [2.05, 4.69) is 54.7 Å². The molecule has 1 atom stereocenters. The van der Waals surface area contributed by atoms with Crippen molar-refractivity contribution in [3.05, 3.63) is 77.9 Å². The molecule has 0 amide bonds. The van der Waals surface area contributed by atoms with Crippen LogP contribution in [0.5, 0.6) is 0 Å². The SMILES string of the molecule is CC(NCCCCSc1ccc(C(F)(F)F)cc1)c1cccc2ccccc12. The molecule has 0 fully saturated rings. The molecule has 0 saturated carbocycles. The quantitative estimate of drug-likeness (QED) is 0.318. The van der Waals surface area contributed by atoms with Gasteiger partial charge in [0.25, 0.3) is 0 Å². The Morgan fingerprint density at radius 1 is 0.893 bits per heavy atom. The second-order valence-electron chi connectivity index (χ2n) is 6.82. The summed E-state index contributed by atoms with van der Waals surface area (Å²) < 4.78 is 37.7. The van der Waals surface area contributed by atoms with Gasteiger partial charge in [-0.05, 0) is 72.7 Å². The van der Waals surface area contributed by atoms with Crippen LogP contribution < -0.4 is 5.32 Å². The minimum atomic E-state index is -4.27. The molecule has 28 heavy (non-hydrogen) atoms. The van der Waals surface area contributed by atoms with Crippen LogP contribution in [0.15, 0.2) is 71.6 Å². The molecule has 0 aromatic heterocycles. The Bertz CT molecular complexity index is 885. The van der Waals surface area contributed by atoms with Crippen LogP contribution in [-0.2, 0) is 6.18 Å². The third-order valence-corrected chi connectivity index (χ3v) is 5.86. The van der Waals surface area contributed by atoms with E-state index in [9.17, 15) is 13.2 Å². The number of alkyl halides is 3. The molecule has 1 nitrogen and oxygen atoms in total. The smallest absolute Gasteiger partial charge is 0.310 e. The van der Waals surface area contributed by atoms with Gasteiger partial charge in [-0.1, -0.05) is 42.5 Å². The average molecular weight is 404 g/mol. The molecular formula is C23H24F3NS. The first-order chi connectivity index (χ1) is 13.4. The average Bonchev–Trinajstić information content (AvgIpc) is 2.69. The molecule has 3 aromatic rings. The number of nitrogens with one attached hydrogen (secondary N) is 1. The minimum Gasteiger partial charge on any atom is -0.310 e. The van der Waals surface area contributed by atoms with E-state index in [1.54, 1.807) is 23.9 Å². The van der Waals surface area contributed by atoms with Crippen molar-refractivity contribution in [2.45, 2.75) is 36.9 Å². The highest BCUT2D eigenvalue weighted by Crippen LogP contribution is 2.31. The summed E-state index contributed by atoms with van der Waals surface area (Å²) in [5, 5.41) is 6.11. The largest absolute Gasteiger partial charge is 0.416 e. The van der Waals surface area contributed by atoms with Crippen LogP contribution in [-0.4, -0.2) is 12.3 Å². The monoisotopic (exact) mass is 403 g/mol. The Hall–Kier alpha value is -1.98. The molecule has 3 rings (SSSR count). The predicted molar refractivity (Wildman–Crippen MR) is 112 cm³/mol. The van der Waals surface area contributed by atoms with Crippen LogP contribution in [0.2, 0.25) is 0 Å². The van der Waals surface area contributed by atoms with Crippen molar-refractivity contribution in [2.24, 2.45) is 0 Å². The van der Waals surface area contributed by atoms with E-state index in [1.165, 1.54) is 16.3 Å². The maximum atomic E-state index is 12.6. The molecule has 0 aliphatic rings. The minimum absolute atomic E-state index is 0.272. The summed E-state index contributed by atoms with van der Waals surface area (Å²) in [4.78, 5) is 0.880. The van der Waals surface area contributed by atoms with Gasteiger partial charge in [0.15, 0.2) is 0 Å². The fourth-order valence-electron chi connectivity index (χ4n) is 3.21. The van der Waals surface area contributed by atoms with Gasteiger partial charge in [0, 0.05) is 10.9 Å². The van der Waals surface area contributed by atoms with Gasteiger partial charge in [0.1, 0.15) is 0 Å². The van der Waals surface area contributed by atoms with Gasteiger partial charge in [-0.3, -0.25) is 0 Å². The summed E-state index contributed by atoms with van der Waals surface area (Å²) in [5.41, 5.74) is 0.709. The van der Waals surface area contributed by atoms with Crippen molar-refractivity contribution in [3.8, 4) is 0 Å². The zero-order valence-corrected chi connectivity index (χ0v) is 16.6. The van der Waals surface area contributed by atoms with Crippen molar-refractivity contribution in [3.63, 3.8) is 0 Å². The lowest BCUT2D eigenvalue weighted by molar-refractivity contribution is -0.137. The lowest BCUT2D eigenvalue weighted by Crippen LogP contribution is -2.20. The van der Waals surface area contributed by atoms with Gasteiger partial charge in [-0.25, -0.2) is 0 Å². The lowest BCUT2D eigenvalue weighted by Gasteiger charge is -2.16. The predicted octanol–water partition coefficient (Wildman–Crippen LogP) is 7.08. The summed E-state index contributed by atoms with van der Waals surface area (Å²) >= 11 is 1.60. The fourth-order valence-corrected chi connectivity index (χ4v) is 4.13. The highest BCUT2D eigenvalue weighted by atomic mass is 32.2. The third-order valence-electron chi connectivity index (χ3n) is 4.76. The van der Waals surface area contributed by atoms with Crippen molar-refractivity contribution < 1.29 is 13.2 Å². The maximum absolute atomic E-state index is 12.6. The van der Waals surface area contributed by atoms with E-state index < -0.39 is 11.7 Å². The van der Waals surface area contributed by atoms with Crippen LogP contribution in [0.1, 0.15) is 36.9 Å². The van der Waals surface area contributed by atoms with Gasteiger partial charge in [-0.15, -0.1) is 11.8 Å². The fraction of sp³-hybridized carbons (Fsp3) is 0.304. The summed E-state index contributed by atoms with van der Waals surface area (Å²) in [7, 11) is 0. The molecule has 0 bridgehead atoms. The molecular weight excluding hydrogens is 379 g/mol. The van der Waals surface area contributed by atoms with Crippen molar-refractivity contribution in [2.75, 3.05) is 12.3 Å². The van der Waals surface area contributed by atoms with Crippen molar-refractivity contribution >= 4 is 22.5 Å². The Morgan fingerprint density at radius 3 is 2.36 bits per heavy atom. The normalized spacial score (nSPS) is 13.0. The van der Waals surface area contributed by atoms with Gasteiger partial charge < -0.3 is 5.32 Å². The van der Waals surface area contributed by atoms with E-state index in [1.807, 2.05) is 0 Å². The second kappa shape index (κ2) is 9.48. The van der Waals surface area contributed by atoms with Gasteiger partial charge in [0.2, 0.25) is 0 Å². The summed E-state index contributed by atoms with van der Waals surface area (Å²) in [6.45, 7) is 3.09. The molecule has 0 radical (unpaired) electrons. The third kappa shape index (κ3) is 5.52. The van der Waals surface area contributed by atoms with Crippen LogP contribution in [0.25, 0.3) is 10.8 Å². The first kappa shape index (κ1) is 20.7. The van der Waals surface area contributed by atoms with Crippen LogP contribution in [0.4, 0.5) is 13.2 Å². The Kier molecular flexibility index (Phi) is 7.03. The second-order valence-corrected chi connectivity index (χ2v) is 7.99. The highest BCUT2D eigenvalue weighted by Gasteiger charge is 2.29. The van der Waals surface area contributed by atoms with Crippen molar-refractivity contribution in [1.82, 2.24) is 5.32 Å². The number of fused-ring (bicyclic) bond motifs is 1. The number of halogens is 3. The van der Waals surface area contributed by atoms with E-state index in [-0.39, 0.29) is 6.04 Å². The molecule has 0 heterocycles. The van der Waals surface area contributed by atoms with Crippen LogP contribution in [0, 0.1) is 0 Å². The maximum Gasteiger partial charge on any atom is 0.416 e. The molecule has 1 unspecified atom stereocenters. The molecule has 3 aromatic carbocycles. The lowest BCUT2D eigenvalue weighted by atomic mass is 9.99. The zero-order valence-electron chi connectivity index (χ0n) is 15.8. The standard InChI is InChI=1S/C23H24F3NS/c1-17(21-10-6-8-18-7-2-3-9-22(18)21)27-15-4-5-16-28-20-13-11-19(12-14-20)23(24,25)26/h2-3,6-14,17,27H,4-5,15-16H2,1H3. The Balaban J connectivity index is 1.40. The van der Waals surface area contributed by atoms with Gasteiger partial charge in [0.05, 0.1) is 5.56 Å². The number of benzene rings is 3.